The fourth-order valence-corrected chi connectivity index (χ4v) is 5.47. The molecule has 0 radical (unpaired) electrons. The first-order valence-electron chi connectivity index (χ1n) is 11.6. The lowest BCUT2D eigenvalue weighted by atomic mass is 9.96. The molecule has 3 heterocycles. The van der Waals surface area contributed by atoms with Crippen molar-refractivity contribution in [1.82, 2.24) is 10.2 Å². The van der Waals surface area contributed by atoms with Crippen molar-refractivity contribution in [2.75, 3.05) is 44.3 Å². The summed E-state index contributed by atoms with van der Waals surface area (Å²) in [7, 11) is 0. The number of carbonyl (C=O) groups is 2. The Morgan fingerprint density at radius 2 is 2.00 bits per heavy atom. The van der Waals surface area contributed by atoms with Gasteiger partial charge in [-0.2, -0.15) is 0 Å². The molecule has 2 aliphatic heterocycles. The lowest BCUT2D eigenvalue weighted by molar-refractivity contribution is -0.126. The molecule has 7 heteroatoms. The largest absolute Gasteiger partial charge is 0.379 e. The molecule has 0 spiro atoms. The van der Waals surface area contributed by atoms with Crippen molar-refractivity contribution in [1.29, 1.82) is 0 Å². The van der Waals surface area contributed by atoms with Crippen LogP contribution in [0.15, 0.2) is 41.8 Å². The molecular weight excluding hydrogens is 422 g/mol. The van der Waals surface area contributed by atoms with Crippen molar-refractivity contribution in [3.05, 3.63) is 52.2 Å². The average Bonchev–Trinajstić information content (AvgIpc) is 3.49. The summed E-state index contributed by atoms with van der Waals surface area (Å²) < 4.78 is 5.51. The smallest absolute Gasteiger partial charge is 0.227 e. The molecule has 2 saturated heterocycles. The molecule has 32 heavy (non-hydrogen) atoms. The van der Waals surface area contributed by atoms with E-state index in [1.165, 1.54) is 10.4 Å². The van der Waals surface area contributed by atoms with E-state index >= 15 is 0 Å². The van der Waals surface area contributed by atoms with Crippen LogP contribution in [0.25, 0.3) is 0 Å². The normalized spacial score (nSPS) is 21.5. The van der Waals surface area contributed by atoms with Crippen molar-refractivity contribution in [3.63, 3.8) is 0 Å². The summed E-state index contributed by atoms with van der Waals surface area (Å²) in [4.78, 5) is 31.4. The minimum Gasteiger partial charge on any atom is -0.379 e. The molecule has 2 aromatic rings. The summed E-state index contributed by atoms with van der Waals surface area (Å²) in [6, 6.07) is 12.4. The van der Waals surface area contributed by atoms with Crippen LogP contribution in [0.1, 0.15) is 49.1 Å². The van der Waals surface area contributed by atoms with E-state index in [1.807, 2.05) is 23.1 Å². The topological polar surface area (TPSA) is 61.9 Å². The highest BCUT2D eigenvalue weighted by molar-refractivity contribution is 7.10. The number of nitrogens with zero attached hydrogens (tertiary/aromatic N) is 2. The monoisotopic (exact) mass is 455 g/mol. The van der Waals surface area contributed by atoms with Gasteiger partial charge in [-0.3, -0.25) is 14.5 Å². The van der Waals surface area contributed by atoms with Gasteiger partial charge in [0.05, 0.1) is 25.2 Å². The Labute approximate surface area is 194 Å². The number of nitrogens with one attached hydrogen (secondary N) is 1. The molecule has 4 rings (SSSR count). The van der Waals surface area contributed by atoms with E-state index in [2.05, 4.69) is 47.6 Å². The Morgan fingerprint density at radius 3 is 2.72 bits per heavy atom. The summed E-state index contributed by atoms with van der Waals surface area (Å²) >= 11 is 1.72. The Balaban J connectivity index is 1.42. The number of morpholine rings is 1. The molecule has 3 atom stereocenters. The van der Waals surface area contributed by atoms with Crippen molar-refractivity contribution in [2.24, 2.45) is 5.92 Å². The minimum absolute atomic E-state index is 0.0308. The predicted molar refractivity (Wildman–Crippen MR) is 128 cm³/mol. The number of anilines is 1. The van der Waals surface area contributed by atoms with E-state index in [0.29, 0.717) is 19.0 Å². The van der Waals surface area contributed by atoms with Crippen molar-refractivity contribution >= 4 is 28.8 Å². The van der Waals surface area contributed by atoms with Gasteiger partial charge in [-0.15, -0.1) is 11.3 Å². The van der Waals surface area contributed by atoms with Crippen LogP contribution in [-0.4, -0.2) is 56.1 Å². The molecule has 172 valence electrons. The molecule has 0 bridgehead atoms. The number of benzene rings is 1. The number of hydrogen-bond acceptors (Lipinski definition) is 5. The lowest BCUT2D eigenvalue weighted by Gasteiger charge is -2.34. The van der Waals surface area contributed by atoms with Crippen LogP contribution in [0.4, 0.5) is 5.69 Å². The Kier molecular flexibility index (Phi) is 7.60. The molecule has 6 nitrogen and oxygen atoms in total. The number of amides is 2. The fraction of sp³-hybridized carbons (Fsp3) is 0.520. The average molecular weight is 456 g/mol. The first kappa shape index (κ1) is 23.0. The van der Waals surface area contributed by atoms with Crippen molar-refractivity contribution in [2.45, 2.75) is 38.6 Å². The summed E-state index contributed by atoms with van der Waals surface area (Å²) in [5, 5.41) is 5.23. The zero-order chi connectivity index (χ0) is 22.5. The summed E-state index contributed by atoms with van der Waals surface area (Å²) in [6.07, 6.45) is 1.27. The maximum Gasteiger partial charge on any atom is 0.227 e. The number of carbonyl (C=O) groups excluding carboxylic acids is 2. The third kappa shape index (κ3) is 5.05. The van der Waals surface area contributed by atoms with E-state index in [1.54, 1.807) is 11.3 Å². The highest BCUT2D eigenvalue weighted by Gasteiger charge is 2.36. The van der Waals surface area contributed by atoms with Crippen LogP contribution in [0, 0.1) is 5.92 Å². The van der Waals surface area contributed by atoms with Gasteiger partial charge in [0.15, 0.2) is 0 Å². The van der Waals surface area contributed by atoms with Crippen molar-refractivity contribution < 1.29 is 14.3 Å². The zero-order valence-electron chi connectivity index (χ0n) is 19.0. The number of para-hydroxylation sites is 1. The molecule has 1 aromatic carbocycles. The molecular formula is C25H33N3O3S. The first-order chi connectivity index (χ1) is 15.6. The quantitative estimate of drug-likeness (QED) is 0.658. The highest BCUT2D eigenvalue weighted by atomic mass is 32.1. The van der Waals surface area contributed by atoms with Crippen LogP contribution in [-0.2, 0) is 14.3 Å². The molecule has 0 aliphatic carbocycles. The van der Waals surface area contributed by atoms with Gasteiger partial charge in [-0.25, -0.2) is 0 Å². The molecule has 2 amide bonds. The van der Waals surface area contributed by atoms with Gasteiger partial charge < -0.3 is 15.0 Å². The zero-order valence-corrected chi connectivity index (χ0v) is 19.8. The number of rotatable bonds is 8. The fourth-order valence-electron chi connectivity index (χ4n) is 4.61. The second-order valence-corrected chi connectivity index (χ2v) is 9.68. The van der Waals surface area contributed by atoms with Gasteiger partial charge in [0, 0.05) is 43.2 Å². The summed E-state index contributed by atoms with van der Waals surface area (Å²) in [5.74, 6) is 0.0497. The third-order valence-corrected chi connectivity index (χ3v) is 7.67. The number of ether oxygens (including phenoxy) is 1. The number of thiophene rings is 1. The van der Waals surface area contributed by atoms with Gasteiger partial charge in [-0.05, 0) is 35.4 Å². The van der Waals surface area contributed by atoms with E-state index in [-0.39, 0.29) is 30.2 Å². The minimum atomic E-state index is -0.318. The van der Waals surface area contributed by atoms with Crippen LogP contribution < -0.4 is 10.2 Å². The molecule has 2 aliphatic rings. The number of hydrogen-bond donors (Lipinski definition) is 1. The van der Waals surface area contributed by atoms with E-state index in [0.717, 1.165) is 38.4 Å². The molecule has 1 N–H and O–H groups in total. The lowest BCUT2D eigenvalue weighted by Crippen LogP contribution is -2.44. The summed E-state index contributed by atoms with van der Waals surface area (Å²) in [6.45, 7) is 8.49. The molecule has 1 aromatic heterocycles. The Hall–Kier alpha value is -2.22. The van der Waals surface area contributed by atoms with E-state index in [9.17, 15) is 9.59 Å². The van der Waals surface area contributed by atoms with Gasteiger partial charge in [-0.1, -0.05) is 38.1 Å². The molecule has 3 unspecified atom stereocenters. The van der Waals surface area contributed by atoms with Crippen LogP contribution in [0.2, 0.25) is 0 Å². The molecule has 2 fully saturated rings. The van der Waals surface area contributed by atoms with E-state index in [4.69, 9.17) is 4.74 Å². The van der Waals surface area contributed by atoms with Gasteiger partial charge >= 0.3 is 0 Å². The van der Waals surface area contributed by atoms with Crippen LogP contribution in [0.3, 0.4) is 0 Å². The second kappa shape index (κ2) is 10.6. The summed E-state index contributed by atoms with van der Waals surface area (Å²) in [5.41, 5.74) is 2.13. The first-order valence-corrected chi connectivity index (χ1v) is 12.5. The third-order valence-electron chi connectivity index (χ3n) is 6.69. The maximum atomic E-state index is 13.1. The van der Waals surface area contributed by atoms with E-state index < -0.39 is 0 Å². The van der Waals surface area contributed by atoms with Gasteiger partial charge in [0.2, 0.25) is 11.8 Å². The van der Waals surface area contributed by atoms with Crippen LogP contribution >= 0.6 is 11.3 Å². The Morgan fingerprint density at radius 1 is 1.22 bits per heavy atom. The highest BCUT2D eigenvalue weighted by Crippen LogP contribution is 2.33. The predicted octanol–water partition coefficient (Wildman–Crippen LogP) is 3.80. The molecule has 0 saturated carbocycles. The maximum absolute atomic E-state index is 13.1. The van der Waals surface area contributed by atoms with Crippen molar-refractivity contribution in [3.8, 4) is 0 Å². The second-order valence-electron chi connectivity index (χ2n) is 8.70. The Bertz CT molecular complexity index is 911. The van der Waals surface area contributed by atoms with Crippen LogP contribution in [0.5, 0.6) is 0 Å². The SMILES string of the molecule is CCC(C)c1ccccc1N1CC(C(=O)NCC(c2cccs2)N2CCOCC2)CC1=O. The standard InChI is InChI=1S/C25H33N3O3S/c1-3-18(2)20-7-4-5-8-21(20)28-17-19(15-24(28)29)25(30)26-16-22(23-9-6-14-32-23)27-10-12-31-13-11-27/h4-9,14,18-19,22H,3,10-13,15-17H2,1-2H3,(H,26,30). The van der Waals surface area contributed by atoms with Gasteiger partial charge in [0.1, 0.15) is 0 Å². The van der Waals surface area contributed by atoms with Gasteiger partial charge in [0.25, 0.3) is 0 Å².